The molecule has 4 rings (SSSR count). The number of nitrogens with zero attached hydrogens (tertiary/aromatic N) is 1. The molecule has 7 heteroatoms. The van der Waals surface area contributed by atoms with Crippen LogP contribution in [0.5, 0.6) is 5.75 Å². The van der Waals surface area contributed by atoms with Crippen molar-refractivity contribution in [3.05, 3.63) is 68.5 Å². The summed E-state index contributed by atoms with van der Waals surface area (Å²) in [6, 6.07) is 12.4. The molecule has 0 N–H and O–H groups in total. The largest absolute Gasteiger partial charge is 0.497 e. The van der Waals surface area contributed by atoms with Crippen LogP contribution >= 0.6 is 22.7 Å². The first-order chi connectivity index (χ1) is 12.1. The van der Waals surface area contributed by atoms with Crippen LogP contribution in [0.4, 0.5) is 0 Å². The number of methoxy groups -OCH3 is 1. The lowest BCUT2D eigenvalue weighted by Crippen LogP contribution is -2.39. The van der Waals surface area contributed by atoms with Gasteiger partial charge in [0.2, 0.25) is 10.0 Å². The maximum atomic E-state index is 13.3. The fourth-order valence-corrected chi connectivity index (χ4v) is 6.59. The van der Waals surface area contributed by atoms with E-state index in [-0.39, 0.29) is 6.04 Å². The SMILES string of the molecule is COc1ccc(S(=O)(=O)N2CCc3sccc3[C@@H]2c2cccs2)cc1. The molecule has 0 bridgehead atoms. The summed E-state index contributed by atoms with van der Waals surface area (Å²) in [5.41, 5.74) is 1.11. The zero-order valence-electron chi connectivity index (χ0n) is 13.6. The summed E-state index contributed by atoms with van der Waals surface area (Å²) in [4.78, 5) is 2.63. The Morgan fingerprint density at radius 1 is 1.08 bits per heavy atom. The molecule has 1 aliphatic heterocycles. The molecule has 1 aliphatic rings. The molecule has 1 aromatic carbocycles. The number of hydrogen-bond acceptors (Lipinski definition) is 5. The molecule has 0 aliphatic carbocycles. The van der Waals surface area contributed by atoms with Crippen LogP contribution in [0, 0.1) is 0 Å². The van der Waals surface area contributed by atoms with Crippen LogP contribution in [-0.4, -0.2) is 26.4 Å². The Labute approximate surface area is 155 Å². The highest BCUT2D eigenvalue weighted by molar-refractivity contribution is 7.89. The maximum Gasteiger partial charge on any atom is 0.243 e. The summed E-state index contributed by atoms with van der Waals surface area (Å²) in [5.74, 6) is 0.646. The minimum Gasteiger partial charge on any atom is -0.497 e. The van der Waals surface area contributed by atoms with E-state index >= 15 is 0 Å². The number of thiophene rings is 2. The molecule has 0 fully saturated rings. The van der Waals surface area contributed by atoms with Crippen LogP contribution < -0.4 is 4.74 Å². The average Bonchev–Trinajstić information content (AvgIpc) is 3.32. The molecule has 25 heavy (non-hydrogen) atoms. The fraction of sp³-hybridized carbons (Fsp3) is 0.222. The number of benzene rings is 1. The van der Waals surface area contributed by atoms with E-state index in [0.717, 1.165) is 16.9 Å². The molecular formula is C18H17NO3S3. The summed E-state index contributed by atoms with van der Waals surface area (Å²) in [6.45, 7) is 0.491. The Hall–Kier alpha value is -1.67. The van der Waals surface area contributed by atoms with E-state index in [4.69, 9.17) is 4.74 Å². The van der Waals surface area contributed by atoms with Crippen molar-refractivity contribution >= 4 is 32.7 Å². The molecule has 130 valence electrons. The molecule has 1 atom stereocenters. The highest BCUT2D eigenvalue weighted by atomic mass is 32.2. The molecule has 0 unspecified atom stereocenters. The van der Waals surface area contributed by atoms with Gasteiger partial charge in [-0.1, -0.05) is 6.07 Å². The lowest BCUT2D eigenvalue weighted by atomic mass is 10.0. The summed E-state index contributed by atoms with van der Waals surface area (Å²) < 4.78 is 33.4. The minimum absolute atomic E-state index is 0.248. The standard InChI is InChI=1S/C18H17NO3S3/c1-22-13-4-6-14(7-5-13)25(20,21)19-10-8-16-15(9-12-24-16)18(19)17-3-2-11-23-17/h2-7,9,11-12,18H,8,10H2,1H3/t18-/m1/s1. The molecule has 0 radical (unpaired) electrons. The molecule has 2 aromatic heterocycles. The monoisotopic (exact) mass is 391 g/mol. The van der Waals surface area contributed by atoms with E-state index in [9.17, 15) is 8.42 Å². The number of fused-ring (bicyclic) bond motifs is 1. The molecule has 4 nitrogen and oxygen atoms in total. The molecule has 0 spiro atoms. The second-order valence-electron chi connectivity index (χ2n) is 5.76. The Morgan fingerprint density at radius 2 is 1.88 bits per heavy atom. The average molecular weight is 392 g/mol. The van der Waals surface area contributed by atoms with Crippen LogP contribution in [0.3, 0.4) is 0 Å². The summed E-state index contributed by atoms with van der Waals surface area (Å²) in [6.07, 6.45) is 0.754. The molecule has 0 saturated heterocycles. The van der Waals surface area contributed by atoms with Gasteiger partial charge in [-0.05, 0) is 59.1 Å². The lowest BCUT2D eigenvalue weighted by molar-refractivity contribution is 0.350. The van der Waals surface area contributed by atoms with Crippen molar-refractivity contribution in [2.75, 3.05) is 13.7 Å². The lowest BCUT2D eigenvalue weighted by Gasteiger charge is -2.34. The van der Waals surface area contributed by atoms with Crippen molar-refractivity contribution in [2.45, 2.75) is 17.4 Å². The van der Waals surface area contributed by atoms with E-state index in [0.29, 0.717) is 17.2 Å². The number of hydrogen-bond donors (Lipinski definition) is 0. The van der Waals surface area contributed by atoms with Gasteiger partial charge in [-0.15, -0.1) is 22.7 Å². The highest BCUT2D eigenvalue weighted by Gasteiger charge is 2.38. The third-order valence-electron chi connectivity index (χ3n) is 4.40. The van der Waals surface area contributed by atoms with Gasteiger partial charge in [0, 0.05) is 16.3 Å². The van der Waals surface area contributed by atoms with E-state index < -0.39 is 10.0 Å². The van der Waals surface area contributed by atoms with Crippen molar-refractivity contribution in [3.63, 3.8) is 0 Å². The zero-order chi connectivity index (χ0) is 17.4. The van der Waals surface area contributed by atoms with Gasteiger partial charge in [-0.3, -0.25) is 0 Å². The molecular weight excluding hydrogens is 374 g/mol. The first-order valence-electron chi connectivity index (χ1n) is 7.87. The Balaban J connectivity index is 1.79. The van der Waals surface area contributed by atoms with E-state index in [1.54, 1.807) is 58.4 Å². The Kier molecular flexibility index (Phi) is 4.41. The van der Waals surface area contributed by atoms with Gasteiger partial charge in [-0.2, -0.15) is 4.31 Å². The number of ether oxygens (including phenoxy) is 1. The van der Waals surface area contributed by atoms with Gasteiger partial charge in [0.25, 0.3) is 0 Å². The maximum absolute atomic E-state index is 13.3. The highest BCUT2D eigenvalue weighted by Crippen LogP contribution is 2.42. The third kappa shape index (κ3) is 2.91. The number of sulfonamides is 1. The predicted octanol–water partition coefficient (Wildman–Crippen LogP) is 4.15. The summed E-state index contributed by atoms with van der Waals surface area (Å²) in [5, 5.41) is 4.04. The van der Waals surface area contributed by atoms with Gasteiger partial charge in [-0.25, -0.2) is 8.42 Å². The Morgan fingerprint density at radius 3 is 2.56 bits per heavy atom. The van der Waals surface area contributed by atoms with Gasteiger partial charge in [0.05, 0.1) is 18.0 Å². The number of rotatable bonds is 4. The summed E-state index contributed by atoms with van der Waals surface area (Å²) >= 11 is 3.30. The van der Waals surface area contributed by atoms with Crippen LogP contribution in [0.25, 0.3) is 0 Å². The quantitative estimate of drug-likeness (QED) is 0.671. The van der Waals surface area contributed by atoms with Crippen LogP contribution in [0.15, 0.2) is 58.1 Å². The van der Waals surface area contributed by atoms with Gasteiger partial charge in [0.1, 0.15) is 5.75 Å². The second kappa shape index (κ2) is 6.57. The Bertz CT molecular complexity index is 959. The van der Waals surface area contributed by atoms with Crippen molar-refractivity contribution in [1.29, 1.82) is 0 Å². The first kappa shape index (κ1) is 16.8. The summed E-state index contributed by atoms with van der Waals surface area (Å²) in [7, 11) is -2.03. The smallest absolute Gasteiger partial charge is 0.243 e. The van der Waals surface area contributed by atoms with Crippen LogP contribution in [0.2, 0.25) is 0 Å². The topological polar surface area (TPSA) is 46.6 Å². The molecule has 0 amide bonds. The zero-order valence-corrected chi connectivity index (χ0v) is 16.0. The van der Waals surface area contributed by atoms with Crippen LogP contribution in [-0.2, 0) is 16.4 Å². The minimum atomic E-state index is -3.59. The van der Waals surface area contributed by atoms with E-state index in [1.165, 1.54) is 4.88 Å². The normalized spacial score (nSPS) is 18.0. The van der Waals surface area contributed by atoms with Crippen LogP contribution in [0.1, 0.15) is 21.4 Å². The second-order valence-corrected chi connectivity index (χ2v) is 9.63. The van der Waals surface area contributed by atoms with Crippen molar-refractivity contribution in [2.24, 2.45) is 0 Å². The predicted molar refractivity (Wildman–Crippen MR) is 101 cm³/mol. The third-order valence-corrected chi connectivity index (χ3v) is 8.20. The van der Waals surface area contributed by atoms with Gasteiger partial charge >= 0.3 is 0 Å². The molecule has 3 aromatic rings. The van der Waals surface area contributed by atoms with Gasteiger partial charge < -0.3 is 4.74 Å². The van der Waals surface area contributed by atoms with Gasteiger partial charge in [0.15, 0.2) is 0 Å². The van der Waals surface area contributed by atoms with Crippen molar-refractivity contribution in [3.8, 4) is 5.75 Å². The van der Waals surface area contributed by atoms with Crippen molar-refractivity contribution in [1.82, 2.24) is 4.31 Å². The molecule has 0 saturated carbocycles. The molecule has 3 heterocycles. The van der Waals surface area contributed by atoms with E-state index in [2.05, 4.69) is 11.4 Å². The van der Waals surface area contributed by atoms with Crippen molar-refractivity contribution < 1.29 is 13.2 Å². The van der Waals surface area contributed by atoms with E-state index in [1.807, 2.05) is 17.5 Å². The fourth-order valence-electron chi connectivity index (χ4n) is 3.18. The first-order valence-corrected chi connectivity index (χ1v) is 11.1.